The molecule has 0 aliphatic heterocycles. The minimum absolute atomic E-state index is 0.160. The molecule has 3 aromatic rings. The van der Waals surface area contributed by atoms with Crippen molar-refractivity contribution >= 4 is 40.0 Å². The summed E-state index contributed by atoms with van der Waals surface area (Å²) in [4.78, 5) is 39.3. The number of aromatic nitrogens is 2. The Morgan fingerprint density at radius 1 is 1.29 bits per heavy atom. The van der Waals surface area contributed by atoms with Gasteiger partial charge in [-0.1, -0.05) is 39.0 Å². The molecule has 0 radical (unpaired) electrons. The molecule has 0 saturated carbocycles. The minimum atomic E-state index is -0.629. The number of ether oxygens (including phenoxy) is 1. The fourth-order valence-corrected chi connectivity index (χ4v) is 6.48. The van der Waals surface area contributed by atoms with E-state index in [4.69, 9.17) is 9.26 Å². The maximum absolute atomic E-state index is 13.2. The van der Waals surface area contributed by atoms with Crippen molar-refractivity contribution in [3.8, 4) is 5.69 Å². The molecule has 0 bridgehead atoms. The van der Waals surface area contributed by atoms with E-state index in [1.165, 1.54) is 23.1 Å². The number of thioether (sulfide) groups is 1. The van der Waals surface area contributed by atoms with Crippen LogP contribution in [0.2, 0.25) is 0 Å². The molecule has 1 aliphatic rings. The van der Waals surface area contributed by atoms with Gasteiger partial charge in [0.25, 0.3) is 0 Å². The number of methoxy groups -OCH3 is 1. The Kier molecular flexibility index (Phi) is 7.23. The topological polar surface area (TPSA) is 105 Å². The number of para-hydroxylation sites is 1. The first-order valence-electron chi connectivity index (χ1n) is 11.5. The van der Waals surface area contributed by atoms with Crippen LogP contribution in [0.1, 0.15) is 54.9 Å². The standard InChI is InChI=1S/C25H29N3O5S2/c1-14(34-22-24(31)33-27-28(22)16-9-7-6-8-10-16)20(29)26-21-19(23(30)32-5)17-12-11-15(25(2,3)4)13-18(17)35-21/h6-10,14-15H,11-13H2,1-5H3,(H-,26,27,29,30,31)/p+1. The lowest BCUT2D eigenvalue weighted by Gasteiger charge is -2.33. The number of anilines is 1. The quantitative estimate of drug-likeness (QED) is 0.287. The summed E-state index contributed by atoms with van der Waals surface area (Å²) in [6.45, 7) is 8.41. The molecule has 0 saturated heterocycles. The van der Waals surface area contributed by atoms with Crippen molar-refractivity contribution in [1.29, 1.82) is 0 Å². The number of thiophene rings is 1. The number of benzene rings is 1. The summed E-state index contributed by atoms with van der Waals surface area (Å²) >= 11 is 2.53. The van der Waals surface area contributed by atoms with E-state index in [9.17, 15) is 14.4 Å². The highest BCUT2D eigenvalue weighted by Gasteiger charge is 2.35. The number of rotatable bonds is 6. The number of nitrogens with one attached hydrogen (secondary N) is 2. The highest BCUT2D eigenvalue weighted by atomic mass is 32.2. The number of nitrogens with zero attached hydrogens (tertiary/aromatic N) is 1. The molecule has 1 aromatic carbocycles. The Balaban J connectivity index is 1.57. The summed E-state index contributed by atoms with van der Waals surface area (Å²) in [5.41, 5.74) is 1.74. The number of fused-ring (bicyclic) bond motifs is 1. The maximum Gasteiger partial charge on any atom is 0.442 e. The Labute approximate surface area is 212 Å². The van der Waals surface area contributed by atoms with Gasteiger partial charge in [0.1, 0.15) is 5.00 Å². The molecule has 10 heteroatoms. The van der Waals surface area contributed by atoms with E-state index in [1.807, 2.05) is 30.3 Å². The van der Waals surface area contributed by atoms with Crippen LogP contribution < -0.4 is 15.6 Å². The summed E-state index contributed by atoms with van der Waals surface area (Å²) < 4.78 is 11.5. The van der Waals surface area contributed by atoms with Crippen molar-refractivity contribution in [3.05, 3.63) is 56.8 Å². The molecule has 1 amide bonds. The Morgan fingerprint density at radius 2 is 2.00 bits per heavy atom. The van der Waals surface area contributed by atoms with Gasteiger partial charge < -0.3 is 10.1 Å². The van der Waals surface area contributed by atoms with Crippen LogP contribution in [0.25, 0.3) is 5.69 Å². The molecule has 2 N–H and O–H groups in total. The lowest BCUT2D eigenvalue weighted by atomic mass is 9.72. The van der Waals surface area contributed by atoms with Crippen molar-refractivity contribution in [2.24, 2.45) is 11.3 Å². The van der Waals surface area contributed by atoms with Crippen LogP contribution in [0.3, 0.4) is 0 Å². The van der Waals surface area contributed by atoms with Crippen molar-refractivity contribution in [3.63, 3.8) is 0 Å². The number of amides is 1. The van der Waals surface area contributed by atoms with Crippen LogP contribution in [-0.4, -0.2) is 29.5 Å². The molecule has 8 nitrogen and oxygen atoms in total. The predicted molar refractivity (Wildman–Crippen MR) is 135 cm³/mol. The summed E-state index contributed by atoms with van der Waals surface area (Å²) in [5, 5.41) is 5.65. The fraction of sp³-hybridized carbons (Fsp3) is 0.440. The summed E-state index contributed by atoms with van der Waals surface area (Å²) in [6, 6.07) is 9.20. The summed E-state index contributed by atoms with van der Waals surface area (Å²) in [6.07, 6.45) is 2.63. The van der Waals surface area contributed by atoms with E-state index < -0.39 is 16.8 Å². The zero-order valence-electron chi connectivity index (χ0n) is 20.5. The van der Waals surface area contributed by atoms with Gasteiger partial charge >= 0.3 is 16.6 Å². The third-order valence-corrected chi connectivity index (χ3v) is 8.71. The molecular weight excluding hydrogens is 486 g/mol. The van der Waals surface area contributed by atoms with E-state index in [-0.39, 0.29) is 16.3 Å². The summed E-state index contributed by atoms with van der Waals surface area (Å²) in [7, 11) is 1.35. The van der Waals surface area contributed by atoms with Gasteiger partial charge in [0.2, 0.25) is 11.6 Å². The molecule has 0 spiro atoms. The summed E-state index contributed by atoms with van der Waals surface area (Å²) in [5.74, 6) is -0.259. The lowest BCUT2D eigenvalue weighted by Crippen LogP contribution is -2.37. The molecule has 186 valence electrons. The van der Waals surface area contributed by atoms with Crippen LogP contribution in [-0.2, 0) is 22.4 Å². The Hall–Kier alpha value is -2.85. The van der Waals surface area contributed by atoms with E-state index >= 15 is 0 Å². The molecule has 35 heavy (non-hydrogen) atoms. The zero-order chi connectivity index (χ0) is 25.3. The Bertz CT molecular complexity index is 1290. The monoisotopic (exact) mass is 516 g/mol. The number of carbonyl (C=O) groups excluding carboxylic acids is 2. The van der Waals surface area contributed by atoms with Crippen LogP contribution in [0.15, 0.2) is 44.7 Å². The van der Waals surface area contributed by atoms with Crippen molar-refractivity contribution in [2.75, 3.05) is 12.4 Å². The molecule has 0 fully saturated rings. The van der Waals surface area contributed by atoms with Gasteiger partial charge in [0.05, 0.1) is 17.9 Å². The third-order valence-electron chi connectivity index (χ3n) is 6.40. The number of hydrogen-bond acceptors (Lipinski definition) is 7. The van der Waals surface area contributed by atoms with Gasteiger partial charge in [-0.15, -0.1) is 11.3 Å². The van der Waals surface area contributed by atoms with Gasteiger partial charge in [-0.25, -0.2) is 9.59 Å². The number of aromatic amines is 1. The maximum atomic E-state index is 13.2. The lowest BCUT2D eigenvalue weighted by molar-refractivity contribution is -0.704. The third kappa shape index (κ3) is 5.23. The van der Waals surface area contributed by atoms with Crippen LogP contribution in [0.5, 0.6) is 0 Å². The Morgan fingerprint density at radius 3 is 2.66 bits per heavy atom. The number of esters is 1. The molecule has 2 heterocycles. The van der Waals surface area contributed by atoms with E-state index in [0.29, 0.717) is 22.2 Å². The second-order valence-corrected chi connectivity index (χ2v) is 12.1. The number of hydrogen-bond donors (Lipinski definition) is 2. The first-order chi connectivity index (χ1) is 16.6. The number of H-pyrrole nitrogens is 1. The second kappa shape index (κ2) is 10.0. The normalized spacial score (nSPS) is 16.4. The zero-order valence-corrected chi connectivity index (χ0v) is 22.1. The van der Waals surface area contributed by atoms with E-state index in [1.54, 1.807) is 6.92 Å². The fourth-order valence-electron chi connectivity index (χ4n) is 4.28. The van der Waals surface area contributed by atoms with Crippen LogP contribution in [0, 0.1) is 11.3 Å². The molecule has 2 aromatic heterocycles. The van der Waals surface area contributed by atoms with Gasteiger partial charge in [-0.05, 0) is 64.8 Å². The molecule has 4 rings (SSSR count). The van der Waals surface area contributed by atoms with Crippen molar-refractivity contribution in [2.45, 2.75) is 57.2 Å². The molecule has 2 unspecified atom stereocenters. The smallest absolute Gasteiger partial charge is 0.442 e. The van der Waals surface area contributed by atoms with Crippen molar-refractivity contribution < 1.29 is 23.5 Å². The highest BCUT2D eigenvalue weighted by molar-refractivity contribution is 8.00. The van der Waals surface area contributed by atoms with Gasteiger partial charge in [0, 0.05) is 17.0 Å². The van der Waals surface area contributed by atoms with Crippen LogP contribution >= 0.6 is 23.1 Å². The van der Waals surface area contributed by atoms with Gasteiger partial charge in [0.15, 0.2) is 0 Å². The van der Waals surface area contributed by atoms with Crippen LogP contribution in [0.4, 0.5) is 5.00 Å². The average molecular weight is 517 g/mol. The average Bonchev–Trinajstić information content (AvgIpc) is 3.37. The second-order valence-electron chi connectivity index (χ2n) is 9.71. The van der Waals surface area contributed by atoms with E-state index in [0.717, 1.165) is 41.5 Å². The molecule has 1 aliphatic carbocycles. The van der Waals surface area contributed by atoms with Gasteiger partial charge in [-0.2, -0.15) is 0 Å². The highest BCUT2D eigenvalue weighted by Crippen LogP contribution is 2.44. The largest absolute Gasteiger partial charge is 0.465 e. The predicted octanol–water partition coefficient (Wildman–Crippen LogP) is 4.36. The minimum Gasteiger partial charge on any atom is -0.465 e. The van der Waals surface area contributed by atoms with E-state index in [2.05, 4.69) is 31.4 Å². The first kappa shape index (κ1) is 25.2. The van der Waals surface area contributed by atoms with Gasteiger partial charge in [-0.3, -0.25) is 9.32 Å². The molecular formula is C25H30N3O5S2+. The first-order valence-corrected chi connectivity index (χ1v) is 13.2. The SMILES string of the molecule is COC(=O)c1c(NC(=O)C(C)Sc2c(=O)o[nH][n+]2-c2ccccc2)sc2c1CCC(C(C)(C)C)C2. The number of carbonyl (C=O) groups is 2. The molecule has 2 atom stereocenters. The van der Waals surface area contributed by atoms with Crippen molar-refractivity contribution in [1.82, 2.24) is 5.27 Å².